The van der Waals surface area contributed by atoms with E-state index in [9.17, 15) is 43.2 Å². The zero-order valence-corrected chi connectivity index (χ0v) is 28.6. The summed E-state index contributed by atoms with van der Waals surface area (Å²) in [7, 11) is -0.0346. The van der Waals surface area contributed by atoms with Crippen molar-refractivity contribution in [3.63, 3.8) is 0 Å². The monoisotopic (exact) mass is 788 g/mol. The van der Waals surface area contributed by atoms with Gasteiger partial charge in [-0.15, -0.1) is 0 Å². The van der Waals surface area contributed by atoms with Gasteiger partial charge in [-0.2, -0.15) is 26.3 Å². The molecule has 0 N–H and O–H groups in total. The van der Waals surface area contributed by atoms with Crippen LogP contribution in [0, 0.1) is 0 Å². The van der Waals surface area contributed by atoms with Crippen molar-refractivity contribution in [2.75, 3.05) is 11.5 Å². The summed E-state index contributed by atoms with van der Waals surface area (Å²) in [6.07, 6.45) is -4.71. The van der Waals surface area contributed by atoms with Crippen LogP contribution in [0.1, 0.15) is 32.4 Å². The third-order valence-corrected chi connectivity index (χ3v) is 10.6. The first kappa shape index (κ1) is 42.1. The minimum absolute atomic E-state index is 0. The molecule has 0 aliphatic rings. The third-order valence-electron chi connectivity index (χ3n) is 6.28. The van der Waals surface area contributed by atoms with Gasteiger partial charge < -0.3 is 9.13 Å². The van der Waals surface area contributed by atoms with Gasteiger partial charge in [-0.25, -0.2) is 26.8 Å². The summed E-state index contributed by atoms with van der Waals surface area (Å²) in [5, 5.41) is 0. The summed E-state index contributed by atoms with van der Waals surface area (Å²) >= 11 is 6.41. The number of rotatable bonds is 6. The quantitative estimate of drug-likeness (QED) is 0.124. The Kier molecular flexibility index (Phi) is 14.7. The first-order valence-corrected chi connectivity index (χ1v) is 17.2. The van der Waals surface area contributed by atoms with Crippen LogP contribution >= 0.6 is 28.7 Å². The predicted molar refractivity (Wildman–Crippen MR) is 174 cm³/mol. The Morgan fingerprint density at radius 1 is 0.830 bits per heavy atom. The van der Waals surface area contributed by atoms with Crippen molar-refractivity contribution in [1.29, 1.82) is 0 Å². The average Bonchev–Trinajstić information content (AvgIpc) is 3.56. The van der Waals surface area contributed by atoms with Gasteiger partial charge in [0, 0.05) is 37.6 Å². The second-order valence-corrected chi connectivity index (χ2v) is 14.7. The molecule has 0 amide bonds. The predicted octanol–water partition coefficient (Wildman–Crippen LogP) is 7.38. The molecule has 20 heteroatoms. The molecule has 2 aromatic carbocycles. The maximum absolute atomic E-state index is 12.9. The molecule has 0 unspecified atom stereocenters. The first-order chi connectivity index (χ1) is 21.2. The molecular formula is C27H30BBrF6N5O4S3. The van der Waals surface area contributed by atoms with E-state index >= 15 is 0 Å². The zero-order chi connectivity index (χ0) is 35.3. The van der Waals surface area contributed by atoms with Crippen molar-refractivity contribution in [2.45, 2.75) is 43.4 Å². The topological polar surface area (TPSA) is 116 Å². The number of thiol groups is 1. The molecule has 2 aromatic heterocycles. The number of benzene rings is 2. The Balaban J connectivity index is 0.000000426. The van der Waals surface area contributed by atoms with Crippen molar-refractivity contribution >= 4 is 56.1 Å². The summed E-state index contributed by atoms with van der Waals surface area (Å²) in [5.41, 5.74) is -1.69. The molecule has 0 aliphatic carbocycles. The Labute approximate surface area is 284 Å². The number of sulfone groups is 2. The molecular weight excluding hydrogens is 759 g/mol. The van der Waals surface area contributed by atoms with Gasteiger partial charge in [-0.3, -0.25) is 0 Å². The van der Waals surface area contributed by atoms with Crippen LogP contribution in [0.25, 0.3) is 22.8 Å². The number of hydrogen-bond donors (Lipinski definition) is 1. The number of nitrogens with zero attached hydrogens (tertiary/aromatic N) is 5. The maximum atomic E-state index is 12.9. The molecule has 4 rings (SSSR count). The minimum atomic E-state index is -4.61. The van der Waals surface area contributed by atoms with Crippen molar-refractivity contribution in [3.8, 4) is 22.8 Å². The second kappa shape index (κ2) is 16.4. The van der Waals surface area contributed by atoms with Crippen LogP contribution < -0.4 is 0 Å². The summed E-state index contributed by atoms with van der Waals surface area (Å²) in [4.78, 5) is 7.34. The van der Waals surface area contributed by atoms with Gasteiger partial charge in [0.05, 0.1) is 38.6 Å². The van der Waals surface area contributed by atoms with E-state index in [0.29, 0.717) is 22.6 Å². The molecule has 4 aromatic rings. The fourth-order valence-electron chi connectivity index (χ4n) is 3.86. The normalized spacial score (nSPS) is 11.8. The Morgan fingerprint density at radius 3 is 1.53 bits per heavy atom. The van der Waals surface area contributed by atoms with Crippen LogP contribution in [0.5, 0.6) is 0 Å². The molecule has 0 atom stereocenters. The molecule has 0 saturated carbocycles. The molecule has 2 heterocycles. The van der Waals surface area contributed by atoms with Crippen LogP contribution in [0.3, 0.4) is 0 Å². The van der Waals surface area contributed by atoms with Crippen LogP contribution in [0.15, 0.2) is 73.7 Å². The molecule has 257 valence electrons. The fraction of sp³-hybridized carbons (Fsp3) is 0.333. The number of imidazole rings is 2. The summed E-state index contributed by atoms with van der Waals surface area (Å²) in [6, 6.07) is 5.33. The van der Waals surface area contributed by atoms with Crippen LogP contribution in [0.2, 0.25) is 0 Å². The Morgan fingerprint density at radius 2 is 1.23 bits per heavy atom. The molecule has 0 bridgehead atoms. The van der Waals surface area contributed by atoms with E-state index in [2.05, 4.69) is 50.7 Å². The molecule has 0 aliphatic heterocycles. The number of aromatic nitrogens is 4. The number of hydrogen-bond acceptors (Lipinski definition) is 8. The van der Waals surface area contributed by atoms with E-state index in [4.69, 9.17) is 0 Å². The van der Waals surface area contributed by atoms with Crippen LogP contribution in [0.4, 0.5) is 26.3 Å². The van der Waals surface area contributed by atoms with Gasteiger partial charge in [0.15, 0.2) is 19.7 Å². The molecule has 0 saturated heterocycles. The summed E-state index contributed by atoms with van der Waals surface area (Å²) < 4.78 is 132. The van der Waals surface area contributed by atoms with E-state index in [1.54, 1.807) is 29.4 Å². The van der Waals surface area contributed by atoms with Gasteiger partial charge in [0.1, 0.15) is 16.3 Å². The van der Waals surface area contributed by atoms with Gasteiger partial charge in [0.25, 0.3) is 0 Å². The number of halogens is 7. The molecule has 9 nitrogen and oxygen atoms in total. The SMILES string of the molecule is C.CCS(=O)(=O)c1cc(C(F)(F)F)ccc1-c1ncc(Br)n1C.CCS(=O)(=O)c1cc(C(F)(F)F)ccc1-c1nccn1C.[B]=NS. The van der Waals surface area contributed by atoms with Crippen LogP contribution in [-0.4, -0.2) is 55.1 Å². The Hall–Kier alpha value is -2.97. The van der Waals surface area contributed by atoms with Crippen molar-refractivity contribution in [2.24, 2.45) is 18.4 Å². The van der Waals surface area contributed by atoms with Gasteiger partial charge >= 0.3 is 37.1 Å². The van der Waals surface area contributed by atoms with Gasteiger partial charge in [-0.1, -0.05) is 21.3 Å². The van der Waals surface area contributed by atoms with Crippen molar-refractivity contribution in [3.05, 3.63) is 70.7 Å². The van der Waals surface area contributed by atoms with E-state index in [-0.39, 0.29) is 45.7 Å². The molecule has 0 fully saturated rings. The second-order valence-electron chi connectivity index (χ2n) is 9.17. The standard InChI is InChI=1S/C13H12BrF3N2O2S.C13H13F3N2O2S.CH4.BHNS/c1-3-22(20,21)10-6-8(13(15,16)17)4-5-9(10)12-18-7-11(14)19(12)2;1-3-21(19,20)11-8-9(13(14,15)16)4-5-10(11)12-17-6-7-18(12)2;;1-2-3/h4-7H,3H2,1-2H3;4-8H,3H2,1-2H3;1H4;3H. The van der Waals surface area contributed by atoms with Crippen LogP contribution in [-0.2, 0) is 46.1 Å². The van der Waals surface area contributed by atoms with Crippen molar-refractivity contribution in [1.82, 2.24) is 19.1 Å². The van der Waals surface area contributed by atoms with E-state index in [1.165, 1.54) is 26.2 Å². The summed E-state index contributed by atoms with van der Waals surface area (Å²) in [6.45, 7) is 2.77. The van der Waals surface area contributed by atoms with Crippen molar-refractivity contribution < 1.29 is 43.2 Å². The average molecular weight is 789 g/mol. The summed E-state index contributed by atoms with van der Waals surface area (Å²) in [5.74, 6) is -0.0121. The number of alkyl halides is 6. The van der Waals surface area contributed by atoms with Gasteiger partial charge in [0.2, 0.25) is 0 Å². The molecule has 1 radical (unpaired) electrons. The van der Waals surface area contributed by atoms with Gasteiger partial charge in [-0.05, 0) is 52.3 Å². The van der Waals surface area contributed by atoms with E-state index in [0.717, 1.165) is 24.3 Å². The third kappa shape index (κ3) is 10.3. The number of aryl methyl sites for hydroxylation is 1. The zero-order valence-electron chi connectivity index (χ0n) is 24.5. The van der Waals surface area contributed by atoms with E-state index < -0.39 is 43.2 Å². The fourth-order valence-corrected chi connectivity index (χ4v) is 6.35. The first-order valence-electron chi connectivity index (χ1n) is 12.7. The molecule has 47 heavy (non-hydrogen) atoms. The molecule has 0 spiro atoms. The Bertz CT molecular complexity index is 1910. The van der Waals surface area contributed by atoms with E-state index in [1.807, 2.05) is 0 Å².